The molecule has 0 bridgehead atoms. The molecule has 5 nitrogen and oxygen atoms in total. The summed E-state index contributed by atoms with van der Waals surface area (Å²) in [6.07, 6.45) is 0. The van der Waals surface area contributed by atoms with Gasteiger partial charge in [-0.3, -0.25) is 0 Å². The lowest BCUT2D eigenvalue weighted by atomic mass is 10.2. The molecular formula is C12H11FN2O3. The van der Waals surface area contributed by atoms with E-state index in [0.717, 1.165) is 6.07 Å². The fourth-order valence-electron chi connectivity index (χ4n) is 1.13. The normalized spacial score (nSPS) is 9.00. The first kappa shape index (κ1) is 13.5. The van der Waals surface area contributed by atoms with E-state index in [1.54, 1.807) is 6.92 Å². The number of hydrogen-bond donors (Lipinski definition) is 3. The predicted octanol–water partition coefficient (Wildman–Crippen LogP) is 1.67. The number of benzene rings is 1. The average Bonchev–Trinajstić information content (AvgIpc) is 2.32. The highest BCUT2D eigenvalue weighted by Gasteiger charge is 2.10. The Labute approximate surface area is 103 Å². The quantitative estimate of drug-likeness (QED) is 0.714. The smallest absolute Gasteiger partial charge is 0.335 e. The van der Waals surface area contributed by atoms with Gasteiger partial charge in [-0.2, -0.15) is 0 Å². The largest absolute Gasteiger partial charge is 0.478 e. The van der Waals surface area contributed by atoms with E-state index in [-0.39, 0.29) is 17.8 Å². The maximum Gasteiger partial charge on any atom is 0.335 e. The van der Waals surface area contributed by atoms with Gasteiger partial charge in [-0.1, -0.05) is 5.92 Å². The van der Waals surface area contributed by atoms with Gasteiger partial charge in [-0.05, 0) is 25.1 Å². The number of carbonyl (C=O) groups is 2. The van der Waals surface area contributed by atoms with E-state index in [0.29, 0.717) is 0 Å². The summed E-state index contributed by atoms with van der Waals surface area (Å²) >= 11 is 0. The third-order valence-corrected chi connectivity index (χ3v) is 1.98. The van der Waals surface area contributed by atoms with E-state index in [4.69, 9.17) is 5.11 Å². The van der Waals surface area contributed by atoms with Crippen LogP contribution in [0, 0.1) is 17.7 Å². The highest BCUT2D eigenvalue weighted by Crippen LogP contribution is 2.15. The molecule has 1 rings (SSSR count). The summed E-state index contributed by atoms with van der Waals surface area (Å²) < 4.78 is 13.4. The van der Waals surface area contributed by atoms with Crippen LogP contribution in [0.1, 0.15) is 17.3 Å². The summed E-state index contributed by atoms with van der Waals surface area (Å²) in [6, 6.07) is 2.61. The van der Waals surface area contributed by atoms with Crippen LogP contribution in [0.15, 0.2) is 18.2 Å². The minimum absolute atomic E-state index is 0.0954. The van der Waals surface area contributed by atoms with Crippen molar-refractivity contribution in [2.75, 3.05) is 11.9 Å². The van der Waals surface area contributed by atoms with Gasteiger partial charge in [-0.25, -0.2) is 14.0 Å². The fourth-order valence-corrected chi connectivity index (χ4v) is 1.13. The Morgan fingerprint density at radius 1 is 1.44 bits per heavy atom. The maximum absolute atomic E-state index is 13.4. The van der Waals surface area contributed by atoms with Crippen molar-refractivity contribution in [2.24, 2.45) is 0 Å². The molecule has 0 radical (unpaired) electrons. The van der Waals surface area contributed by atoms with Crippen LogP contribution >= 0.6 is 0 Å². The first-order valence-electron chi connectivity index (χ1n) is 5.02. The summed E-state index contributed by atoms with van der Waals surface area (Å²) in [7, 11) is 0. The van der Waals surface area contributed by atoms with Crippen molar-refractivity contribution in [1.82, 2.24) is 5.32 Å². The minimum Gasteiger partial charge on any atom is -0.478 e. The number of halogens is 1. The predicted molar refractivity (Wildman–Crippen MR) is 63.8 cm³/mol. The molecule has 18 heavy (non-hydrogen) atoms. The van der Waals surface area contributed by atoms with Crippen molar-refractivity contribution in [3.05, 3.63) is 29.6 Å². The van der Waals surface area contributed by atoms with Gasteiger partial charge < -0.3 is 15.7 Å². The Balaban J connectivity index is 2.69. The zero-order valence-corrected chi connectivity index (χ0v) is 9.58. The second-order valence-corrected chi connectivity index (χ2v) is 3.23. The van der Waals surface area contributed by atoms with Crippen molar-refractivity contribution in [3.63, 3.8) is 0 Å². The van der Waals surface area contributed by atoms with Crippen LogP contribution in [0.2, 0.25) is 0 Å². The SMILES string of the molecule is CC#CCNC(=O)Nc1ccc(C(=O)O)cc1F. The summed E-state index contributed by atoms with van der Waals surface area (Å²) in [5.41, 5.74) is -0.280. The van der Waals surface area contributed by atoms with Crippen molar-refractivity contribution >= 4 is 17.7 Å². The van der Waals surface area contributed by atoms with E-state index in [9.17, 15) is 14.0 Å². The molecular weight excluding hydrogens is 239 g/mol. The summed E-state index contributed by atoms with van der Waals surface area (Å²) in [6.45, 7) is 1.78. The highest BCUT2D eigenvalue weighted by molar-refractivity contribution is 5.91. The Morgan fingerprint density at radius 2 is 2.17 bits per heavy atom. The summed E-state index contributed by atoms with van der Waals surface area (Å²) in [5, 5.41) is 13.3. The van der Waals surface area contributed by atoms with E-state index in [1.165, 1.54) is 12.1 Å². The van der Waals surface area contributed by atoms with E-state index < -0.39 is 17.8 Å². The highest BCUT2D eigenvalue weighted by atomic mass is 19.1. The lowest BCUT2D eigenvalue weighted by Gasteiger charge is -2.07. The molecule has 0 unspecified atom stereocenters. The van der Waals surface area contributed by atoms with Crippen LogP contribution in [-0.4, -0.2) is 23.7 Å². The standard InChI is InChI=1S/C12H11FN2O3/c1-2-3-6-14-12(18)15-10-5-4-8(11(16)17)7-9(10)13/h4-5,7H,6H2,1H3,(H,16,17)(H2,14,15,18). The Hall–Kier alpha value is -2.55. The van der Waals surface area contributed by atoms with Gasteiger partial charge >= 0.3 is 12.0 Å². The second-order valence-electron chi connectivity index (χ2n) is 3.23. The topological polar surface area (TPSA) is 78.4 Å². The average molecular weight is 250 g/mol. The van der Waals surface area contributed by atoms with E-state index >= 15 is 0 Å². The van der Waals surface area contributed by atoms with Gasteiger partial charge in [0.25, 0.3) is 0 Å². The number of aromatic carboxylic acids is 1. The summed E-state index contributed by atoms with van der Waals surface area (Å²) in [5.74, 6) is 3.15. The zero-order chi connectivity index (χ0) is 13.5. The molecule has 6 heteroatoms. The summed E-state index contributed by atoms with van der Waals surface area (Å²) in [4.78, 5) is 21.9. The van der Waals surface area contributed by atoms with E-state index in [1.807, 2.05) is 0 Å². The van der Waals surface area contributed by atoms with Crippen LogP contribution in [0.5, 0.6) is 0 Å². The van der Waals surface area contributed by atoms with Crippen molar-refractivity contribution in [2.45, 2.75) is 6.92 Å². The monoisotopic (exact) mass is 250 g/mol. The first-order valence-corrected chi connectivity index (χ1v) is 5.02. The van der Waals surface area contributed by atoms with Gasteiger partial charge in [0, 0.05) is 0 Å². The van der Waals surface area contributed by atoms with Gasteiger partial charge in [0.05, 0.1) is 17.8 Å². The van der Waals surface area contributed by atoms with Crippen LogP contribution in [-0.2, 0) is 0 Å². The third kappa shape index (κ3) is 3.79. The minimum atomic E-state index is -1.23. The molecule has 0 atom stereocenters. The fraction of sp³-hybridized carbons (Fsp3) is 0.167. The van der Waals surface area contributed by atoms with Gasteiger partial charge in [-0.15, -0.1) is 5.92 Å². The Morgan fingerprint density at radius 3 is 2.72 bits per heavy atom. The molecule has 0 fully saturated rings. The number of carboxylic acids is 1. The van der Waals surface area contributed by atoms with Crippen LogP contribution < -0.4 is 10.6 Å². The number of amides is 2. The molecule has 0 aliphatic heterocycles. The maximum atomic E-state index is 13.4. The van der Waals surface area contributed by atoms with E-state index in [2.05, 4.69) is 22.5 Å². The number of nitrogens with one attached hydrogen (secondary N) is 2. The molecule has 94 valence electrons. The molecule has 0 aliphatic rings. The Kier molecular flexibility index (Phi) is 4.69. The molecule has 1 aromatic carbocycles. The van der Waals surface area contributed by atoms with Gasteiger partial charge in [0.1, 0.15) is 5.82 Å². The number of carboxylic acid groups (broad SMARTS) is 1. The third-order valence-electron chi connectivity index (χ3n) is 1.98. The number of carbonyl (C=O) groups excluding carboxylic acids is 1. The number of rotatable bonds is 3. The van der Waals surface area contributed by atoms with Crippen LogP contribution in [0.3, 0.4) is 0 Å². The van der Waals surface area contributed by atoms with Crippen molar-refractivity contribution in [1.29, 1.82) is 0 Å². The molecule has 0 saturated heterocycles. The molecule has 0 spiro atoms. The first-order chi connectivity index (χ1) is 8.54. The number of anilines is 1. The molecule has 3 N–H and O–H groups in total. The number of urea groups is 1. The number of hydrogen-bond acceptors (Lipinski definition) is 2. The molecule has 1 aromatic rings. The van der Waals surface area contributed by atoms with Gasteiger partial charge in [0.2, 0.25) is 0 Å². The second kappa shape index (κ2) is 6.25. The lowest BCUT2D eigenvalue weighted by molar-refractivity contribution is 0.0696. The molecule has 0 saturated carbocycles. The zero-order valence-electron chi connectivity index (χ0n) is 9.58. The molecule has 2 amide bonds. The van der Waals surface area contributed by atoms with Crippen LogP contribution in [0.25, 0.3) is 0 Å². The molecule has 0 aliphatic carbocycles. The lowest BCUT2D eigenvalue weighted by Crippen LogP contribution is -2.29. The van der Waals surface area contributed by atoms with Crippen molar-refractivity contribution in [3.8, 4) is 11.8 Å². The van der Waals surface area contributed by atoms with Gasteiger partial charge in [0.15, 0.2) is 0 Å². The molecule has 0 aromatic heterocycles. The molecule has 0 heterocycles. The van der Waals surface area contributed by atoms with Crippen molar-refractivity contribution < 1.29 is 19.1 Å². The Bertz CT molecular complexity index is 532. The van der Waals surface area contributed by atoms with Crippen LogP contribution in [0.4, 0.5) is 14.9 Å².